The largest absolute Gasteiger partial charge is 0.366 e. The van der Waals surface area contributed by atoms with Crippen LogP contribution >= 0.6 is 11.6 Å². The Morgan fingerprint density at radius 2 is 1.78 bits per heavy atom. The molecular formula is C17H18ClN3O2. The van der Waals surface area contributed by atoms with Gasteiger partial charge in [0.05, 0.1) is 0 Å². The van der Waals surface area contributed by atoms with E-state index in [0.717, 1.165) is 5.56 Å². The predicted molar refractivity (Wildman–Crippen MR) is 91.7 cm³/mol. The summed E-state index contributed by atoms with van der Waals surface area (Å²) in [5.74, 6) is -0.505. The van der Waals surface area contributed by atoms with Gasteiger partial charge in [0.15, 0.2) is 0 Å². The lowest BCUT2D eigenvalue weighted by atomic mass is 10.1. The third-order valence-electron chi connectivity index (χ3n) is 3.29. The lowest BCUT2D eigenvalue weighted by molar-refractivity contribution is 0.100. The Bertz CT molecular complexity index is 701. The minimum Gasteiger partial charge on any atom is -0.366 e. The number of amides is 3. The van der Waals surface area contributed by atoms with E-state index in [1.807, 2.05) is 31.2 Å². The van der Waals surface area contributed by atoms with Crippen LogP contribution in [0, 0.1) is 0 Å². The second-order valence-corrected chi connectivity index (χ2v) is 5.64. The molecule has 2 aromatic rings. The van der Waals surface area contributed by atoms with Crippen LogP contribution < -0.4 is 16.4 Å². The van der Waals surface area contributed by atoms with Crippen LogP contribution in [0.2, 0.25) is 5.02 Å². The van der Waals surface area contributed by atoms with Gasteiger partial charge in [-0.15, -0.1) is 0 Å². The molecule has 2 aromatic carbocycles. The first-order chi connectivity index (χ1) is 11.0. The molecule has 0 spiro atoms. The molecule has 0 fully saturated rings. The number of urea groups is 1. The number of carbonyl (C=O) groups excluding carboxylic acids is 2. The molecule has 1 unspecified atom stereocenters. The Balaban J connectivity index is 1.89. The van der Waals surface area contributed by atoms with Gasteiger partial charge in [0, 0.05) is 22.3 Å². The number of hydrogen-bond acceptors (Lipinski definition) is 2. The Kier molecular flexibility index (Phi) is 5.60. The second kappa shape index (κ2) is 7.65. The number of primary amides is 1. The van der Waals surface area contributed by atoms with Crippen molar-refractivity contribution in [2.75, 3.05) is 5.32 Å². The standard InChI is InChI=1S/C17H18ClN3O2/c1-11(10-13-4-2-3-5-15(13)18)20-17(23)21-14-8-6-12(7-9-14)16(19)22/h2-9,11H,10H2,1H3,(H2,19,22)(H2,20,21,23). The molecule has 0 aromatic heterocycles. The molecule has 4 N–H and O–H groups in total. The highest BCUT2D eigenvalue weighted by Crippen LogP contribution is 2.16. The van der Waals surface area contributed by atoms with Crippen molar-refractivity contribution in [1.29, 1.82) is 0 Å². The summed E-state index contributed by atoms with van der Waals surface area (Å²) in [4.78, 5) is 23.0. The monoisotopic (exact) mass is 331 g/mol. The van der Waals surface area contributed by atoms with Crippen LogP contribution in [0.25, 0.3) is 0 Å². The van der Waals surface area contributed by atoms with E-state index in [0.29, 0.717) is 22.7 Å². The van der Waals surface area contributed by atoms with Gasteiger partial charge in [0.1, 0.15) is 0 Å². The van der Waals surface area contributed by atoms with Gasteiger partial charge in [0.25, 0.3) is 0 Å². The zero-order chi connectivity index (χ0) is 16.8. The average molecular weight is 332 g/mol. The maximum Gasteiger partial charge on any atom is 0.319 e. The minimum atomic E-state index is -0.505. The van der Waals surface area contributed by atoms with Crippen molar-refractivity contribution in [2.24, 2.45) is 5.73 Å². The molecule has 5 nitrogen and oxygen atoms in total. The zero-order valence-corrected chi connectivity index (χ0v) is 13.4. The molecule has 3 amide bonds. The Morgan fingerprint density at radius 1 is 1.13 bits per heavy atom. The first-order valence-corrected chi connectivity index (χ1v) is 7.54. The van der Waals surface area contributed by atoms with Crippen molar-refractivity contribution in [2.45, 2.75) is 19.4 Å². The number of nitrogens with one attached hydrogen (secondary N) is 2. The summed E-state index contributed by atoms with van der Waals surface area (Å²) in [6.07, 6.45) is 0.633. The molecular weight excluding hydrogens is 314 g/mol. The molecule has 0 saturated carbocycles. The molecule has 0 aliphatic carbocycles. The van der Waals surface area contributed by atoms with Gasteiger partial charge in [-0.25, -0.2) is 4.79 Å². The number of anilines is 1. The molecule has 2 rings (SSSR count). The highest BCUT2D eigenvalue weighted by molar-refractivity contribution is 6.31. The fourth-order valence-electron chi connectivity index (χ4n) is 2.15. The number of benzene rings is 2. The highest BCUT2D eigenvalue weighted by Gasteiger charge is 2.10. The first kappa shape index (κ1) is 16.8. The quantitative estimate of drug-likeness (QED) is 0.786. The van der Waals surface area contributed by atoms with E-state index in [9.17, 15) is 9.59 Å². The fourth-order valence-corrected chi connectivity index (χ4v) is 2.37. The van der Waals surface area contributed by atoms with Gasteiger partial charge in [0.2, 0.25) is 5.91 Å². The summed E-state index contributed by atoms with van der Waals surface area (Å²) in [5.41, 5.74) is 7.12. The van der Waals surface area contributed by atoms with Gasteiger partial charge < -0.3 is 16.4 Å². The smallest absolute Gasteiger partial charge is 0.319 e. The maximum absolute atomic E-state index is 12.0. The van der Waals surface area contributed by atoms with Gasteiger partial charge in [-0.2, -0.15) is 0 Å². The number of carbonyl (C=O) groups is 2. The van der Waals surface area contributed by atoms with E-state index in [1.165, 1.54) is 0 Å². The molecule has 23 heavy (non-hydrogen) atoms. The first-order valence-electron chi connectivity index (χ1n) is 7.16. The summed E-state index contributed by atoms with van der Waals surface area (Å²) >= 11 is 6.11. The van der Waals surface area contributed by atoms with Crippen molar-refractivity contribution >= 4 is 29.2 Å². The highest BCUT2D eigenvalue weighted by atomic mass is 35.5. The average Bonchev–Trinajstić information content (AvgIpc) is 2.50. The number of halogens is 1. The molecule has 0 aliphatic heterocycles. The number of rotatable bonds is 5. The van der Waals surface area contributed by atoms with E-state index in [2.05, 4.69) is 10.6 Å². The molecule has 6 heteroatoms. The van der Waals surface area contributed by atoms with Gasteiger partial charge in [-0.05, 0) is 49.2 Å². The van der Waals surface area contributed by atoms with Crippen LogP contribution in [0.15, 0.2) is 48.5 Å². The van der Waals surface area contributed by atoms with Gasteiger partial charge in [-0.3, -0.25) is 4.79 Å². The number of hydrogen-bond donors (Lipinski definition) is 3. The van der Waals surface area contributed by atoms with E-state index < -0.39 is 5.91 Å². The Hall–Kier alpha value is -2.53. The van der Waals surface area contributed by atoms with Crippen molar-refractivity contribution in [3.8, 4) is 0 Å². The summed E-state index contributed by atoms with van der Waals surface area (Å²) in [7, 11) is 0. The predicted octanol–water partition coefficient (Wildman–Crippen LogP) is 3.19. The van der Waals surface area contributed by atoms with Gasteiger partial charge >= 0.3 is 6.03 Å². The number of nitrogens with two attached hydrogens (primary N) is 1. The summed E-state index contributed by atoms with van der Waals surface area (Å²) in [6.45, 7) is 1.90. The minimum absolute atomic E-state index is 0.0835. The van der Waals surface area contributed by atoms with Crippen molar-refractivity contribution in [3.63, 3.8) is 0 Å². The third-order valence-corrected chi connectivity index (χ3v) is 3.66. The summed E-state index contributed by atoms with van der Waals surface area (Å²) in [5, 5.41) is 6.23. The van der Waals surface area contributed by atoms with Crippen molar-refractivity contribution < 1.29 is 9.59 Å². The van der Waals surface area contributed by atoms with Crippen LogP contribution in [-0.4, -0.2) is 18.0 Å². The molecule has 1 atom stereocenters. The molecule has 0 radical (unpaired) electrons. The normalized spacial score (nSPS) is 11.6. The molecule has 0 saturated heterocycles. The van der Waals surface area contributed by atoms with Crippen LogP contribution in [0.4, 0.5) is 10.5 Å². The van der Waals surface area contributed by atoms with Crippen molar-refractivity contribution in [3.05, 3.63) is 64.7 Å². The van der Waals surface area contributed by atoms with E-state index in [-0.39, 0.29) is 12.1 Å². The lowest BCUT2D eigenvalue weighted by Gasteiger charge is -2.15. The molecule has 0 heterocycles. The Labute approximate surface area is 139 Å². The van der Waals surface area contributed by atoms with Crippen LogP contribution in [-0.2, 0) is 6.42 Å². The van der Waals surface area contributed by atoms with E-state index >= 15 is 0 Å². The summed E-state index contributed by atoms with van der Waals surface area (Å²) in [6, 6.07) is 13.5. The molecule has 0 bridgehead atoms. The van der Waals surface area contributed by atoms with Gasteiger partial charge in [-0.1, -0.05) is 29.8 Å². The van der Waals surface area contributed by atoms with E-state index in [1.54, 1.807) is 24.3 Å². The summed E-state index contributed by atoms with van der Waals surface area (Å²) < 4.78 is 0. The fraction of sp³-hybridized carbons (Fsp3) is 0.176. The molecule has 120 valence electrons. The Morgan fingerprint density at radius 3 is 2.39 bits per heavy atom. The third kappa shape index (κ3) is 5.00. The maximum atomic E-state index is 12.0. The van der Waals surface area contributed by atoms with Crippen LogP contribution in [0.1, 0.15) is 22.8 Å². The zero-order valence-electron chi connectivity index (χ0n) is 12.7. The SMILES string of the molecule is CC(Cc1ccccc1Cl)NC(=O)Nc1ccc(C(N)=O)cc1. The second-order valence-electron chi connectivity index (χ2n) is 5.24. The van der Waals surface area contributed by atoms with Crippen molar-refractivity contribution in [1.82, 2.24) is 5.32 Å². The lowest BCUT2D eigenvalue weighted by Crippen LogP contribution is -2.37. The van der Waals surface area contributed by atoms with Crippen LogP contribution in [0.3, 0.4) is 0 Å². The van der Waals surface area contributed by atoms with Crippen LogP contribution in [0.5, 0.6) is 0 Å². The topological polar surface area (TPSA) is 84.2 Å². The molecule has 0 aliphatic rings. The van der Waals surface area contributed by atoms with E-state index in [4.69, 9.17) is 17.3 Å².